The summed E-state index contributed by atoms with van der Waals surface area (Å²) in [4.78, 5) is 12.2. The maximum atomic E-state index is 12.2. The Hall–Kier alpha value is -3.40. The SMILES string of the molecule is COc1ccccc1CNC(=O)CSc1nnc(-c2cc(OC)c(OC)c(OC)c2)o1. The van der Waals surface area contributed by atoms with Gasteiger partial charge in [0.25, 0.3) is 5.22 Å². The third kappa shape index (κ3) is 5.40. The Balaban J connectivity index is 1.62. The van der Waals surface area contributed by atoms with Gasteiger partial charge in [-0.1, -0.05) is 30.0 Å². The predicted octanol–water partition coefficient (Wildman–Crippen LogP) is 3.18. The number of carbonyl (C=O) groups excluding carboxylic acids is 1. The van der Waals surface area contributed by atoms with Crippen molar-refractivity contribution in [2.24, 2.45) is 0 Å². The molecule has 0 bridgehead atoms. The number of amides is 1. The lowest BCUT2D eigenvalue weighted by molar-refractivity contribution is -0.118. The molecular formula is C21H23N3O6S. The lowest BCUT2D eigenvalue weighted by Crippen LogP contribution is -2.24. The fourth-order valence-corrected chi connectivity index (χ4v) is 3.40. The minimum Gasteiger partial charge on any atom is -0.496 e. The minimum atomic E-state index is -0.163. The van der Waals surface area contributed by atoms with Crippen LogP contribution in [0.3, 0.4) is 0 Å². The third-order valence-electron chi connectivity index (χ3n) is 4.31. The predicted molar refractivity (Wildman–Crippen MR) is 115 cm³/mol. The van der Waals surface area contributed by atoms with Gasteiger partial charge < -0.3 is 28.7 Å². The monoisotopic (exact) mass is 445 g/mol. The zero-order chi connectivity index (χ0) is 22.2. The quantitative estimate of drug-likeness (QED) is 0.471. The number of aromatic nitrogens is 2. The van der Waals surface area contributed by atoms with Crippen LogP contribution in [0.25, 0.3) is 11.5 Å². The molecule has 10 heteroatoms. The first-order valence-electron chi connectivity index (χ1n) is 9.24. The van der Waals surface area contributed by atoms with Crippen molar-refractivity contribution in [3.05, 3.63) is 42.0 Å². The Morgan fingerprint density at radius 3 is 2.29 bits per heavy atom. The van der Waals surface area contributed by atoms with E-state index in [9.17, 15) is 4.79 Å². The number of methoxy groups -OCH3 is 4. The normalized spacial score (nSPS) is 10.5. The molecule has 0 atom stereocenters. The first-order valence-corrected chi connectivity index (χ1v) is 10.2. The molecule has 0 saturated carbocycles. The van der Waals surface area contributed by atoms with Crippen LogP contribution in [0.5, 0.6) is 23.0 Å². The second kappa shape index (κ2) is 10.6. The molecule has 0 aliphatic carbocycles. The molecule has 2 aromatic carbocycles. The van der Waals surface area contributed by atoms with Crippen molar-refractivity contribution < 1.29 is 28.2 Å². The Kier molecular flexibility index (Phi) is 7.60. The number of rotatable bonds is 10. The third-order valence-corrected chi connectivity index (χ3v) is 5.13. The van der Waals surface area contributed by atoms with Crippen LogP contribution in [0.4, 0.5) is 0 Å². The molecule has 0 aliphatic rings. The van der Waals surface area contributed by atoms with Gasteiger partial charge in [-0.25, -0.2) is 0 Å². The van der Waals surface area contributed by atoms with Gasteiger partial charge in [0.2, 0.25) is 17.5 Å². The molecule has 0 radical (unpaired) electrons. The molecule has 0 unspecified atom stereocenters. The summed E-state index contributed by atoms with van der Waals surface area (Å²) in [6, 6.07) is 10.9. The molecule has 9 nitrogen and oxygen atoms in total. The largest absolute Gasteiger partial charge is 0.496 e. The highest BCUT2D eigenvalue weighted by Gasteiger charge is 2.18. The maximum Gasteiger partial charge on any atom is 0.277 e. The number of hydrogen-bond acceptors (Lipinski definition) is 9. The van der Waals surface area contributed by atoms with Gasteiger partial charge in [0.1, 0.15) is 5.75 Å². The van der Waals surface area contributed by atoms with Gasteiger partial charge >= 0.3 is 0 Å². The molecular weight excluding hydrogens is 422 g/mol. The van der Waals surface area contributed by atoms with Crippen LogP contribution in [0.1, 0.15) is 5.56 Å². The van der Waals surface area contributed by atoms with Gasteiger partial charge in [0, 0.05) is 17.7 Å². The number of ether oxygens (including phenoxy) is 4. The Bertz CT molecular complexity index is 1010. The molecule has 0 spiro atoms. The lowest BCUT2D eigenvalue weighted by atomic mass is 10.2. The molecule has 3 aromatic rings. The fourth-order valence-electron chi connectivity index (χ4n) is 2.81. The molecule has 31 heavy (non-hydrogen) atoms. The van der Waals surface area contributed by atoms with Crippen molar-refractivity contribution in [2.75, 3.05) is 34.2 Å². The van der Waals surface area contributed by atoms with Gasteiger partial charge in [-0.3, -0.25) is 4.79 Å². The van der Waals surface area contributed by atoms with Crippen molar-refractivity contribution in [1.82, 2.24) is 15.5 Å². The summed E-state index contributed by atoms with van der Waals surface area (Å²) in [6.07, 6.45) is 0. The van der Waals surface area contributed by atoms with E-state index in [0.717, 1.165) is 23.1 Å². The molecule has 1 aromatic heterocycles. The topological polar surface area (TPSA) is 105 Å². The number of hydrogen-bond donors (Lipinski definition) is 1. The number of nitrogens with zero attached hydrogens (tertiary/aromatic N) is 2. The van der Waals surface area contributed by atoms with Crippen LogP contribution in [0.15, 0.2) is 46.0 Å². The Morgan fingerprint density at radius 2 is 1.65 bits per heavy atom. The summed E-state index contributed by atoms with van der Waals surface area (Å²) in [5.41, 5.74) is 1.50. The van der Waals surface area contributed by atoms with Crippen LogP contribution >= 0.6 is 11.8 Å². The van der Waals surface area contributed by atoms with Crippen molar-refractivity contribution in [2.45, 2.75) is 11.8 Å². The van der Waals surface area contributed by atoms with Gasteiger partial charge in [-0.05, 0) is 18.2 Å². The number of benzene rings is 2. The summed E-state index contributed by atoms with van der Waals surface area (Å²) < 4.78 is 27.0. The van der Waals surface area contributed by atoms with Crippen LogP contribution in [0, 0.1) is 0 Å². The molecule has 0 fully saturated rings. The van der Waals surface area contributed by atoms with Crippen LogP contribution in [-0.2, 0) is 11.3 Å². The van der Waals surface area contributed by atoms with Crippen LogP contribution in [-0.4, -0.2) is 50.3 Å². The van der Waals surface area contributed by atoms with Crippen molar-refractivity contribution in [3.8, 4) is 34.5 Å². The standard InChI is InChI=1S/C21H23N3O6S/c1-26-15-8-6-5-7-13(15)11-22-18(25)12-31-21-24-23-20(30-21)14-9-16(27-2)19(29-4)17(10-14)28-3/h5-10H,11-12H2,1-4H3,(H,22,25). The van der Waals surface area contributed by atoms with Crippen LogP contribution < -0.4 is 24.3 Å². The van der Waals surface area contributed by atoms with Crippen LogP contribution in [0.2, 0.25) is 0 Å². The van der Waals surface area contributed by atoms with Gasteiger partial charge in [-0.15, -0.1) is 10.2 Å². The van der Waals surface area contributed by atoms with E-state index >= 15 is 0 Å². The average Bonchev–Trinajstić information content (AvgIpc) is 3.29. The zero-order valence-electron chi connectivity index (χ0n) is 17.6. The summed E-state index contributed by atoms with van der Waals surface area (Å²) in [7, 11) is 6.18. The maximum absolute atomic E-state index is 12.2. The zero-order valence-corrected chi connectivity index (χ0v) is 18.4. The van der Waals surface area contributed by atoms with Crippen molar-refractivity contribution in [1.29, 1.82) is 0 Å². The highest BCUT2D eigenvalue weighted by molar-refractivity contribution is 7.99. The number of carbonyl (C=O) groups is 1. The van der Waals surface area contributed by atoms with Crippen molar-refractivity contribution in [3.63, 3.8) is 0 Å². The molecule has 1 amide bonds. The molecule has 1 N–H and O–H groups in total. The van der Waals surface area contributed by atoms with Crippen molar-refractivity contribution >= 4 is 17.7 Å². The van der Waals surface area contributed by atoms with E-state index in [2.05, 4.69) is 15.5 Å². The summed E-state index contributed by atoms with van der Waals surface area (Å²) in [5.74, 6) is 2.38. The van der Waals surface area contributed by atoms with E-state index in [1.807, 2.05) is 24.3 Å². The van der Waals surface area contributed by atoms with E-state index in [-0.39, 0.29) is 22.8 Å². The Morgan fingerprint density at radius 1 is 0.968 bits per heavy atom. The van der Waals surface area contributed by atoms with E-state index in [1.54, 1.807) is 19.2 Å². The number of para-hydroxylation sites is 1. The molecule has 0 saturated heterocycles. The second-order valence-electron chi connectivity index (χ2n) is 6.16. The highest BCUT2D eigenvalue weighted by Crippen LogP contribution is 2.41. The molecule has 1 heterocycles. The number of nitrogens with one attached hydrogen (secondary N) is 1. The highest BCUT2D eigenvalue weighted by atomic mass is 32.2. The van der Waals surface area contributed by atoms with Gasteiger partial charge in [-0.2, -0.15) is 0 Å². The summed E-state index contributed by atoms with van der Waals surface area (Å²) in [5, 5.41) is 11.2. The van der Waals surface area contributed by atoms with E-state index in [0.29, 0.717) is 29.4 Å². The first-order chi connectivity index (χ1) is 15.1. The average molecular weight is 445 g/mol. The number of thioether (sulfide) groups is 1. The second-order valence-corrected chi connectivity index (χ2v) is 7.09. The van der Waals surface area contributed by atoms with Gasteiger partial charge in [0.05, 0.1) is 34.2 Å². The minimum absolute atomic E-state index is 0.131. The fraction of sp³-hybridized carbons (Fsp3) is 0.286. The molecule has 3 rings (SSSR count). The van der Waals surface area contributed by atoms with Gasteiger partial charge in [0.15, 0.2) is 11.5 Å². The first kappa shape index (κ1) is 22.3. The van der Waals surface area contributed by atoms with E-state index in [1.165, 1.54) is 21.3 Å². The Labute approximate surface area is 184 Å². The lowest BCUT2D eigenvalue weighted by Gasteiger charge is -2.12. The van der Waals surface area contributed by atoms with E-state index in [4.69, 9.17) is 23.4 Å². The smallest absolute Gasteiger partial charge is 0.277 e. The molecule has 0 aliphatic heterocycles. The van der Waals surface area contributed by atoms with E-state index < -0.39 is 0 Å². The molecule has 164 valence electrons. The summed E-state index contributed by atoms with van der Waals surface area (Å²) >= 11 is 1.15. The summed E-state index contributed by atoms with van der Waals surface area (Å²) in [6.45, 7) is 0.365.